The van der Waals surface area contributed by atoms with E-state index in [2.05, 4.69) is 24.5 Å². The summed E-state index contributed by atoms with van der Waals surface area (Å²) in [5.41, 5.74) is 2.39. The number of nitrogens with zero attached hydrogens (tertiary/aromatic N) is 1. The summed E-state index contributed by atoms with van der Waals surface area (Å²) in [7, 11) is 0. The summed E-state index contributed by atoms with van der Waals surface area (Å²) in [6.07, 6.45) is 0. The van der Waals surface area contributed by atoms with Crippen molar-refractivity contribution in [2.24, 2.45) is 5.92 Å². The fraction of sp³-hybridized carbons (Fsp3) is 0.222. The maximum atomic E-state index is 13.1. The number of hydrogen-bond acceptors (Lipinski definition) is 4. The minimum atomic E-state index is -0.346. The number of thiocarbonyl (C=S) groups is 1. The van der Waals surface area contributed by atoms with E-state index in [0.29, 0.717) is 41.6 Å². The highest BCUT2D eigenvalue weighted by molar-refractivity contribution is 7.80. The highest BCUT2D eigenvalue weighted by Gasteiger charge is 2.16. The van der Waals surface area contributed by atoms with Gasteiger partial charge >= 0.3 is 0 Å². The van der Waals surface area contributed by atoms with Crippen molar-refractivity contribution in [1.29, 1.82) is 0 Å². The first kappa shape index (κ1) is 24.9. The summed E-state index contributed by atoms with van der Waals surface area (Å²) in [6.45, 7) is 7.16. The summed E-state index contributed by atoms with van der Waals surface area (Å²) < 4.78 is 5.69. The lowest BCUT2D eigenvalue weighted by Crippen LogP contribution is -2.34. The third-order valence-corrected chi connectivity index (χ3v) is 5.11. The molecule has 34 heavy (non-hydrogen) atoms. The largest absolute Gasteiger partial charge is 0.493 e. The van der Waals surface area contributed by atoms with Crippen LogP contribution in [0.15, 0.2) is 78.9 Å². The molecular formula is C27H29N3O3S. The first-order chi connectivity index (χ1) is 16.4. The SMILES string of the molecule is CCN(C(=O)c1cccc(NC(=S)NC(=O)c2cccc(OCC(C)C)c2)c1)c1ccccc1. The van der Waals surface area contributed by atoms with Crippen molar-refractivity contribution in [3.63, 3.8) is 0 Å². The maximum Gasteiger partial charge on any atom is 0.258 e. The van der Waals surface area contributed by atoms with Crippen molar-refractivity contribution in [2.45, 2.75) is 20.8 Å². The Bertz CT molecular complexity index is 1150. The van der Waals surface area contributed by atoms with Crippen LogP contribution in [0.1, 0.15) is 41.5 Å². The highest BCUT2D eigenvalue weighted by atomic mass is 32.1. The van der Waals surface area contributed by atoms with Crippen LogP contribution in [0.2, 0.25) is 0 Å². The summed E-state index contributed by atoms with van der Waals surface area (Å²) in [6, 6.07) is 23.5. The van der Waals surface area contributed by atoms with Crippen molar-refractivity contribution >= 4 is 40.5 Å². The van der Waals surface area contributed by atoms with Gasteiger partial charge < -0.3 is 15.0 Å². The van der Waals surface area contributed by atoms with E-state index in [1.54, 1.807) is 47.4 Å². The van der Waals surface area contributed by atoms with Gasteiger partial charge in [-0.3, -0.25) is 14.9 Å². The number of hydrogen-bond donors (Lipinski definition) is 2. The van der Waals surface area contributed by atoms with E-state index in [1.807, 2.05) is 43.3 Å². The Kier molecular flexibility index (Phi) is 8.76. The number of carbonyl (C=O) groups is 2. The topological polar surface area (TPSA) is 70.7 Å². The standard InChI is InChI=1S/C27H29N3O3S/c1-4-30(23-13-6-5-7-14-23)26(32)21-11-8-12-22(16-21)28-27(34)29-25(31)20-10-9-15-24(17-20)33-18-19(2)3/h5-17,19H,4,18H2,1-3H3,(H2,28,29,31,34). The van der Waals surface area contributed by atoms with Crippen LogP contribution in [-0.4, -0.2) is 30.1 Å². The third-order valence-electron chi connectivity index (χ3n) is 4.90. The highest BCUT2D eigenvalue weighted by Crippen LogP contribution is 2.19. The summed E-state index contributed by atoms with van der Waals surface area (Å²) in [4.78, 5) is 27.4. The van der Waals surface area contributed by atoms with Crippen molar-refractivity contribution in [3.8, 4) is 5.75 Å². The summed E-state index contributed by atoms with van der Waals surface area (Å²) in [5, 5.41) is 5.80. The van der Waals surface area contributed by atoms with E-state index in [9.17, 15) is 9.59 Å². The Morgan fingerprint density at radius 3 is 2.35 bits per heavy atom. The van der Waals surface area contributed by atoms with Crippen LogP contribution < -0.4 is 20.3 Å². The van der Waals surface area contributed by atoms with Crippen LogP contribution in [0.5, 0.6) is 5.75 Å². The zero-order chi connectivity index (χ0) is 24.5. The Morgan fingerprint density at radius 1 is 0.941 bits per heavy atom. The fourth-order valence-electron chi connectivity index (χ4n) is 3.26. The Hall–Kier alpha value is -3.71. The average Bonchev–Trinajstić information content (AvgIpc) is 2.84. The third kappa shape index (κ3) is 6.89. The van der Waals surface area contributed by atoms with Crippen molar-refractivity contribution in [3.05, 3.63) is 90.0 Å². The van der Waals surface area contributed by atoms with Gasteiger partial charge in [0.05, 0.1) is 6.61 Å². The van der Waals surface area contributed by atoms with Crippen LogP contribution in [0, 0.1) is 5.92 Å². The number of carbonyl (C=O) groups excluding carboxylic acids is 2. The predicted molar refractivity (Wildman–Crippen MR) is 141 cm³/mol. The molecule has 0 aliphatic carbocycles. The molecule has 176 valence electrons. The second-order valence-corrected chi connectivity index (χ2v) is 8.51. The number of benzene rings is 3. The van der Waals surface area contributed by atoms with Gasteiger partial charge in [-0.2, -0.15) is 0 Å². The van der Waals surface area contributed by atoms with E-state index >= 15 is 0 Å². The Balaban J connectivity index is 1.64. The lowest BCUT2D eigenvalue weighted by Gasteiger charge is -2.21. The Morgan fingerprint density at radius 2 is 1.65 bits per heavy atom. The minimum Gasteiger partial charge on any atom is -0.493 e. The van der Waals surface area contributed by atoms with Crippen LogP contribution in [0.3, 0.4) is 0 Å². The van der Waals surface area contributed by atoms with Crippen LogP contribution in [0.25, 0.3) is 0 Å². The molecule has 0 saturated carbocycles. The van der Waals surface area contributed by atoms with Gasteiger partial charge in [-0.25, -0.2) is 0 Å². The molecule has 0 heterocycles. The number of amides is 2. The molecule has 3 aromatic rings. The molecule has 0 aromatic heterocycles. The van der Waals surface area contributed by atoms with Crippen LogP contribution in [-0.2, 0) is 0 Å². The van der Waals surface area contributed by atoms with Gasteiger partial charge in [-0.15, -0.1) is 0 Å². The molecule has 3 rings (SSSR count). The molecule has 0 radical (unpaired) electrons. The molecule has 0 fully saturated rings. The van der Waals surface area contributed by atoms with Crippen molar-refractivity contribution in [2.75, 3.05) is 23.4 Å². The van der Waals surface area contributed by atoms with Gasteiger partial charge in [0.1, 0.15) is 5.75 Å². The number of nitrogens with one attached hydrogen (secondary N) is 2. The minimum absolute atomic E-state index is 0.120. The predicted octanol–water partition coefficient (Wildman–Crippen LogP) is 5.51. The average molecular weight is 476 g/mol. The molecule has 0 aliphatic heterocycles. The van der Waals surface area contributed by atoms with Gasteiger partial charge in [0.2, 0.25) is 0 Å². The molecule has 2 amide bonds. The maximum absolute atomic E-state index is 13.1. The molecule has 2 N–H and O–H groups in total. The van der Waals surface area contributed by atoms with E-state index < -0.39 is 0 Å². The van der Waals surface area contributed by atoms with E-state index in [0.717, 1.165) is 5.69 Å². The van der Waals surface area contributed by atoms with Crippen LogP contribution >= 0.6 is 12.2 Å². The summed E-state index contributed by atoms with van der Waals surface area (Å²) in [5.74, 6) is 0.547. The molecule has 0 unspecified atom stereocenters. The number of anilines is 2. The molecule has 0 atom stereocenters. The molecule has 0 aliphatic rings. The second kappa shape index (κ2) is 12.0. The van der Waals surface area contributed by atoms with Gasteiger partial charge in [0.25, 0.3) is 11.8 Å². The molecule has 7 heteroatoms. The number of rotatable bonds is 8. The fourth-order valence-corrected chi connectivity index (χ4v) is 3.48. The van der Waals surface area contributed by atoms with Gasteiger partial charge in [0, 0.05) is 29.0 Å². The normalized spacial score (nSPS) is 10.5. The van der Waals surface area contributed by atoms with Gasteiger partial charge in [-0.1, -0.05) is 44.2 Å². The first-order valence-corrected chi connectivity index (χ1v) is 11.6. The molecule has 0 spiro atoms. The van der Waals surface area contributed by atoms with Crippen molar-refractivity contribution in [1.82, 2.24) is 5.32 Å². The number of ether oxygens (including phenoxy) is 1. The molecular weight excluding hydrogens is 446 g/mol. The lowest BCUT2D eigenvalue weighted by molar-refractivity contribution is 0.0972. The molecule has 3 aromatic carbocycles. The van der Waals surface area contributed by atoms with Gasteiger partial charge in [-0.05, 0) is 73.6 Å². The molecule has 6 nitrogen and oxygen atoms in total. The quantitative estimate of drug-likeness (QED) is 0.420. The van der Waals surface area contributed by atoms with Crippen molar-refractivity contribution < 1.29 is 14.3 Å². The monoisotopic (exact) mass is 475 g/mol. The molecule has 0 bridgehead atoms. The smallest absolute Gasteiger partial charge is 0.258 e. The van der Waals surface area contributed by atoms with E-state index in [-0.39, 0.29) is 16.9 Å². The Labute approximate surface area is 205 Å². The zero-order valence-electron chi connectivity index (χ0n) is 19.6. The van der Waals surface area contributed by atoms with Crippen LogP contribution in [0.4, 0.5) is 11.4 Å². The van der Waals surface area contributed by atoms with E-state index in [1.165, 1.54) is 0 Å². The van der Waals surface area contributed by atoms with Gasteiger partial charge in [0.15, 0.2) is 5.11 Å². The van der Waals surface area contributed by atoms with E-state index in [4.69, 9.17) is 17.0 Å². The zero-order valence-corrected chi connectivity index (χ0v) is 20.4. The first-order valence-electron chi connectivity index (χ1n) is 11.2. The lowest BCUT2D eigenvalue weighted by atomic mass is 10.1. The second-order valence-electron chi connectivity index (χ2n) is 8.11. The number of para-hydroxylation sites is 1. The summed E-state index contributed by atoms with van der Waals surface area (Å²) >= 11 is 5.32. The molecule has 0 saturated heterocycles.